The van der Waals surface area contributed by atoms with Gasteiger partial charge in [0.05, 0.1) is 11.2 Å². The van der Waals surface area contributed by atoms with Crippen LogP contribution in [0.25, 0.3) is 0 Å². The summed E-state index contributed by atoms with van der Waals surface area (Å²) < 4.78 is 37.1. The van der Waals surface area contributed by atoms with Crippen LogP contribution in [-0.4, -0.2) is 28.8 Å². The second-order valence-corrected chi connectivity index (χ2v) is 5.93. The summed E-state index contributed by atoms with van der Waals surface area (Å²) in [6.07, 6.45) is -3.53. The topological polar surface area (TPSA) is 32.3 Å². The van der Waals surface area contributed by atoms with E-state index in [0.29, 0.717) is 18.8 Å². The van der Waals surface area contributed by atoms with Crippen molar-refractivity contribution in [1.29, 1.82) is 0 Å². The molecule has 1 aliphatic heterocycles. The maximum Gasteiger partial charge on any atom is 0.416 e. The zero-order chi connectivity index (χ0) is 13.9. The van der Waals surface area contributed by atoms with Gasteiger partial charge in [-0.05, 0) is 29.9 Å². The van der Waals surface area contributed by atoms with E-state index in [9.17, 15) is 18.3 Å². The van der Waals surface area contributed by atoms with Crippen molar-refractivity contribution in [1.82, 2.24) is 5.32 Å². The first-order valence-electron chi connectivity index (χ1n) is 6.06. The predicted molar refractivity (Wildman–Crippen MR) is 70.0 cm³/mol. The van der Waals surface area contributed by atoms with Crippen molar-refractivity contribution in [2.45, 2.75) is 24.7 Å². The third-order valence-electron chi connectivity index (χ3n) is 3.15. The van der Waals surface area contributed by atoms with Gasteiger partial charge >= 0.3 is 6.18 Å². The average molecular weight is 291 g/mol. The molecule has 6 heteroatoms. The molecule has 0 bridgehead atoms. The van der Waals surface area contributed by atoms with E-state index in [1.807, 2.05) is 0 Å². The number of alkyl halides is 3. The summed E-state index contributed by atoms with van der Waals surface area (Å²) in [5.74, 6) is 1.67. The van der Waals surface area contributed by atoms with E-state index < -0.39 is 17.3 Å². The fourth-order valence-corrected chi connectivity index (χ4v) is 3.28. The second-order valence-electron chi connectivity index (χ2n) is 4.83. The summed E-state index contributed by atoms with van der Waals surface area (Å²) in [4.78, 5) is 0. The Morgan fingerprint density at radius 2 is 1.95 bits per heavy atom. The molecule has 106 valence electrons. The quantitative estimate of drug-likeness (QED) is 0.894. The fraction of sp³-hybridized carbons (Fsp3) is 0.538. The normalized spacial score (nSPS) is 23.8. The number of thioether (sulfide) groups is 1. The molecular weight excluding hydrogens is 275 g/mol. The van der Waals surface area contributed by atoms with Gasteiger partial charge in [0.15, 0.2) is 0 Å². The van der Waals surface area contributed by atoms with Gasteiger partial charge in [0.25, 0.3) is 0 Å². The molecule has 1 aromatic carbocycles. The molecule has 2 rings (SSSR count). The highest BCUT2D eigenvalue weighted by molar-refractivity contribution is 7.99. The van der Waals surface area contributed by atoms with E-state index in [1.165, 1.54) is 12.1 Å². The van der Waals surface area contributed by atoms with Gasteiger partial charge in [-0.2, -0.15) is 24.9 Å². The molecule has 2 nitrogen and oxygen atoms in total. The Morgan fingerprint density at radius 1 is 1.26 bits per heavy atom. The zero-order valence-corrected chi connectivity index (χ0v) is 11.2. The van der Waals surface area contributed by atoms with Crippen LogP contribution < -0.4 is 5.32 Å². The Bertz CT molecular complexity index is 413. The van der Waals surface area contributed by atoms with Crippen LogP contribution in [-0.2, 0) is 12.7 Å². The minimum atomic E-state index is -4.29. The SMILES string of the molecule is OC1(CNCc2ccc(C(F)(F)F)cc2)CCSC1. The van der Waals surface area contributed by atoms with Crippen molar-refractivity contribution >= 4 is 11.8 Å². The maximum absolute atomic E-state index is 12.4. The molecule has 0 aromatic heterocycles. The highest BCUT2D eigenvalue weighted by atomic mass is 32.2. The van der Waals surface area contributed by atoms with Gasteiger partial charge in [-0.3, -0.25) is 0 Å². The van der Waals surface area contributed by atoms with Crippen molar-refractivity contribution in [2.75, 3.05) is 18.1 Å². The first-order chi connectivity index (χ1) is 8.89. The Morgan fingerprint density at radius 3 is 2.47 bits per heavy atom. The van der Waals surface area contributed by atoms with Crippen LogP contribution in [0.4, 0.5) is 13.2 Å². The van der Waals surface area contributed by atoms with Crippen LogP contribution in [0.15, 0.2) is 24.3 Å². The molecule has 19 heavy (non-hydrogen) atoms. The first-order valence-corrected chi connectivity index (χ1v) is 7.22. The number of aliphatic hydroxyl groups is 1. The van der Waals surface area contributed by atoms with E-state index in [4.69, 9.17) is 0 Å². The Hall–Kier alpha value is -0.720. The number of hydrogen-bond acceptors (Lipinski definition) is 3. The monoisotopic (exact) mass is 291 g/mol. The second kappa shape index (κ2) is 5.73. The molecule has 2 N–H and O–H groups in total. The fourth-order valence-electron chi connectivity index (χ4n) is 1.99. The summed E-state index contributed by atoms with van der Waals surface area (Å²) in [6.45, 7) is 0.937. The molecule has 1 saturated heterocycles. The van der Waals surface area contributed by atoms with Crippen LogP contribution in [0.3, 0.4) is 0 Å². The van der Waals surface area contributed by atoms with E-state index in [-0.39, 0.29) is 0 Å². The van der Waals surface area contributed by atoms with Crippen LogP contribution in [0.1, 0.15) is 17.5 Å². The Balaban J connectivity index is 1.83. The summed E-state index contributed by atoms with van der Waals surface area (Å²) in [5.41, 5.74) is -0.527. The number of nitrogens with one attached hydrogen (secondary N) is 1. The van der Waals surface area contributed by atoms with Gasteiger partial charge in [0, 0.05) is 18.8 Å². The van der Waals surface area contributed by atoms with E-state index in [0.717, 1.165) is 29.9 Å². The van der Waals surface area contributed by atoms with E-state index in [2.05, 4.69) is 5.32 Å². The minimum Gasteiger partial charge on any atom is -0.388 e. The molecule has 1 aliphatic rings. The van der Waals surface area contributed by atoms with E-state index >= 15 is 0 Å². The number of halogens is 3. The molecule has 0 spiro atoms. The van der Waals surface area contributed by atoms with Crippen molar-refractivity contribution in [3.05, 3.63) is 35.4 Å². The Labute approximate surface area is 114 Å². The maximum atomic E-state index is 12.4. The first kappa shape index (κ1) is 14.7. The molecule has 1 atom stereocenters. The summed E-state index contributed by atoms with van der Waals surface area (Å²) in [7, 11) is 0. The molecule has 0 saturated carbocycles. The standard InChI is InChI=1S/C13H16F3NOS/c14-13(15,16)11-3-1-10(2-4-11)7-17-8-12(18)5-6-19-9-12/h1-4,17-18H,5-9H2. The van der Waals surface area contributed by atoms with Crippen LogP contribution in [0, 0.1) is 0 Å². The largest absolute Gasteiger partial charge is 0.416 e. The van der Waals surface area contributed by atoms with Gasteiger partial charge < -0.3 is 10.4 Å². The molecule has 1 fully saturated rings. The number of hydrogen-bond donors (Lipinski definition) is 2. The summed E-state index contributed by atoms with van der Waals surface area (Å²) >= 11 is 1.72. The molecule has 1 aromatic rings. The lowest BCUT2D eigenvalue weighted by molar-refractivity contribution is -0.137. The van der Waals surface area contributed by atoms with Crippen molar-refractivity contribution in [2.24, 2.45) is 0 Å². The van der Waals surface area contributed by atoms with Crippen molar-refractivity contribution in [3.8, 4) is 0 Å². The molecule has 0 amide bonds. The molecular formula is C13H16F3NOS. The van der Waals surface area contributed by atoms with Gasteiger partial charge in [-0.15, -0.1) is 0 Å². The van der Waals surface area contributed by atoms with Gasteiger partial charge in [0.2, 0.25) is 0 Å². The number of benzene rings is 1. The van der Waals surface area contributed by atoms with Crippen LogP contribution in [0.5, 0.6) is 0 Å². The third kappa shape index (κ3) is 4.12. The van der Waals surface area contributed by atoms with E-state index in [1.54, 1.807) is 11.8 Å². The zero-order valence-electron chi connectivity index (χ0n) is 10.3. The molecule has 1 unspecified atom stereocenters. The lowest BCUT2D eigenvalue weighted by Gasteiger charge is -2.21. The van der Waals surface area contributed by atoms with Crippen LogP contribution in [0.2, 0.25) is 0 Å². The lowest BCUT2D eigenvalue weighted by Crippen LogP contribution is -2.40. The van der Waals surface area contributed by atoms with Crippen molar-refractivity contribution in [3.63, 3.8) is 0 Å². The summed E-state index contributed by atoms with van der Waals surface area (Å²) in [5, 5.41) is 13.2. The smallest absolute Gasteiger partial charge is 0.388 e. The predicted octanol–water partition coefficient (Wildman–Crippen LogP) is 2.66. The highest BCUT2D eigenvalue weighted by Crippen LogP contribution is 2.29. The third-order valence-corrected chi connectivity index (χ3v) is 4.38. The number of rotatable bonds is 4. The van der Waals surface area contributed by atoms with Crippen molar-refractivity contribution < 1.29 is 18.3 Å². The highest BCUT2D eigenvalue weighted by Gasteiger charge is 2.31. The molecule has 1 heterocycles. The van der Waals surface area contributed by atoms with Crippen LogP contribution >= 0.6 is 11.8 Å². The average Bonchev–Trinajstić information content (AvgIpc) is 2.76. The Kier molecular flexibility index (Phi) is 4.43. The molecule has 0 aliphatic carbocycles. The summed E-state index contributed by atoms with van der Waals surface area (Å²) in [6, 6.07) is 5.08. The minimum absolute atomic E-state index is 0.463. The molecule has 0 radical (unpaired) electrons. The van der Waals surface area contributed by atoms with Gasteiger partial charge in [-0.25, -0.2) is 0 Å². The van der Waals surface area contributed by atoms with Gasteiger partial charge in [0.1, 0.15) is 0 Å². The van der Waals surface area contributed by atoms with Gasteiger partial charge in [-0.1, -0.05) is 12.1 Å². The lowest BCUT2D eigenvalue weighted by atomic mass is 10.0.